The maximum atomic E-state index is 12.6. The summed E-state index contributed by atoms with van der Waals surface area (Å²) in [6.07, 6.45) is 5.97. The maximum absolute atomic E-state index is 12.6. The molecule has 0 spiro atoms. The van der Waals surface area contributed by atoms with E-state index in [1.165, 1.54) is 18.4 Å². The summed E-state index contributed by atoms with van der Waals surface area (Å²) < 4.78 is 18.3. The lowest BCUT2D eigenvalue weighted by atomic mass is 10.1. The second-order valence-electron chi connectivity index (χ2n) is 7.66. The first kappa shape index (κ1) is 23.0. The Morgan fingerprint density at radius 3 is 2.40 bits per heavy atom. The van der Waals surface area contributed by atoms with Gasteiger partial charge in [0, 0.05) is 29.0 Å². The topological polar surface area (TPSA) is 46.6 Å². The molecule has 30 heavy (non-hydrogen) atoms. The number of likely N-dealkylation sites (tertiary alicyclic amines) is 1. The summed E-state index contributed by atoms with van der Waals surface area (Å²) in [6.45, 7) is 1.75. The zero-order chi connectivity index (χ0) is 21.2. The highest BCUT2D eigenvalue weighted by atomic mass is 35.5. The molecule has 1 aliphatic heterocycles. The average Bonchev–Trinajstić information content (AvgIpc) is 2.75. The highest BCUT2D eigenvalue weighted by molar-refractivity contribution is 7.84. The quantitative estimate of drug-likeness (QED) is 0.322. The van der Waals surface area contributed by atoms with Gasteiger partial charge in [-0.25, -0.2) is 0 Å². The second kappa shape index (κ2) is 12.2. The number of unbranched alkanes of at least 4 members (excludes halogenated alkanes) is 3. The van der Waals surface area contributed by atoms with Gasteiger partial charge in [0.25, 0.3) is 0 Å². The number of carbonyl (C=O) groups is 1. The van der Waals surface area contributed by atoms with E-state index in [9.17, 15) is 9.00 Å². The van der Waals surface area contributed by atoms with Gasteiger partial charge in [-0.3, -0.25) is 9.00 Å². The minimum atomic E-state index is -1.07. The van der Waals surface area contributed by atoms with E-state index in [0.717, 1.165) is 29.8 Å². The molecule has 2 atom stereocenters. The summed E-state index contributed by atoms with van der Waals surface area (Å²) in [5.74, 6) is 0.568. The lowest BCUT2D eigenvalue weighted by molar-refractivity contribution is -0.142. The Balaban J connectivity index is 1.23. The number of hydrogen-bond donors (Lipinski definition) is 0. The van der Waals surface area contributed by atoms with Crippen molar-refractivity contribution in [3.63, 3.8) is 0 Å². The highest BCUT2D eigenvalue weighted by Gasteiger charge is 2.39. The number of hydrogen-bond acceptors (Lipinski definition) is 3. The number of rotatable bonds is 13. The van der Waals surface area contributed by atoms with Crippen LogP contribution in [0, 0.1) is 0 Å². The van der Waals surface area contributed by atoms with E-state index in [-0.39, 0.29) is 11.3 Å². The van der Waals surface area contributed by atoms with Crippen LogP contribution in [0.3, 0.4) is 0 Å². The van der Waals surface area contributed by atoms with Crippen LogP contribution in [0.2, 0.25) is 5.02 Å². The summed E-state index contributed by atoms with van der Waals surface area (Å²) in [7, 11) is -1.07. The molecule has 2 aromatic carbocycles. The van der Waals surface area contributed by atoms with Crippen LogP contribution in [-0.2, 0) is 32.5 Å². The number of carbonyl (C=O) groups excluding carboxylic acids is 1. The number of nitrogens with zero attached hydrogens (tertiary/aromatic N) is 1. The van der Waals surface area contributed by atoms with Crippen molar-refractivity contribution in [2.45, 2.75) is 49.7 Å². The summed E-state index contributed by atoms with van der Waals surface area (Å²) in [4.78, 5) is 13.6. The average molecular weight is 448 g/mol. The van der Waals surface area contributed by atoms with Gasteiger partial charge in [0.1, 0.15) is 5.37 Å². The largest absolute Gasteiger partial charge is 0.380 e. The van der Waals surface area contributed by atoms with E-state index in [1.54, 1.807) is 4.90 Å². The Labute approximate surface area is 187 Å². The van der Waals surface area contributed by atoms with Crippen molar-refractivity contribution in [1.29, 1.82) is 0 Å². The molecule has 2 unspecified atom stereocenters. The minimum Gasteiger partial charge on any atom is -0.380 e. The Kier molecular flexibility index (Phi) is 9.37. The third kappa shape index (κ3) is 7.22. The van der Waals surface area contributed by atoms with Gasteiger partial charge < -0.3 is 9.64 Å². The molecule has 3 rings (SSSR count). The third-order valence-electron chi connectivity index (χ3n) is 5.37. The predicted octanol–water partition coefficient (Wildman–Crippen LogP) is 4.97. The molecule has 1 amide bonds. The van der Waals surface area contributed by atoms with Gasteiger partial charge in [-0.05, 0) is 42.5 Å². The van der Waals surface area contributed by atoms with Crippen molar-refractivity contribution in [3.8, 4) is 0 Å². The number of aryl methyl sites for hydroxylation is 1. The van der Waals surface area contributed by atoms with E-state index in [1.807, 2.05) is 42.5 Å². The lowest BCUT2D eigenvalue weighted by Gasteiger charge is -2.39. The molecule has 6 heteroatoms. The minimum absolute atomic E-state index is 0.0761. The van der Waals surface area contributed by atoms with Gasteiger partial charge in [-0.2, -0.15) is 0 Å². The van der Waals surface area contributed by atoms with E-state index >= 15 is 0 Å². The zero-order valence-electron chi connectivity index (χ0n) is 17.3. The van der Waals surface area contributed by atoms with Gasteiger partial charge >= 0.3 is 0 Å². The molecule has 1 saturated heterocycles. The molecule has 0 bridgehead atoms. The number of halogens is 1. The van der Waals surface area contributed by atoms with Crippen LogP contribution in [0.15, 0.2) is 54.6 Å². The van der Waals surface area contributed by atoms with E-state index in [4.69, 9.17) is 16.3 Å². The lowest BCUT2D eigenvalue weighted by Crippen LogP contribution is -2.55. The first-order chi connectivity index (χ1) is 14.6. The molecule has 0 aliphatic carbocycles. The molecule has 1 fully saturated rings. The molecule has 162 valence electrons. The number of amides is 1. The molecule has 0 N–H and O–H groups in total. The highest BCUT2D eigenvalue weighted by Crippen LogP contribution is 2.24. The normalized spacial score (nSPS) is 17.0. The molecular formula is C24H30ClNO3S. The summed E-state index contributed by atoms with van der Waals surface area (Å²) in [5.41, 5.74) is 2.37. The van der Waals surface area contributed by atoms with E-state index < -0.39 is 10.8 Å². The van der Waals surface area contributed by atoms with Gasteiger partial charge in [-0.1, -0.05) is 66.9 Å². The van der Waals surface area contributed by atoms with Crippen molar-refractivity contribution < 1.29 is 13.7 Å². The monoisotopic (exact) mass is 447 g/mol. The number of ether oxygens (including phenoxy) is 1. The first-order valence-corrected chi connectivity index (χ1v) is 12.4. The Hall–Kier alpha value is -1.69. The summed E-state index contributed by atoms with van der Waals surface area (Å²) in [5, 5.41) is 0.610. The Morgan fingerprint density at radius 2 is 1.67 bits per heavy atom. The van der Waals surface area contributed by atoms with Crippen LogP contribution in [0.25, 0.3) is 0 Å². The fourth-order valence-electron chi connectivity index (χ4n) is 3.57. The molecular weight excluding hydrogens is 418 g/mol. The Morgan fingerprint density at radius 1 is 0.933 bits per heavy atom. The van der Waals surface area contributed by atoms with E-state index in [0.29, 0.717) is 31.9 Å². The predicted molar refractivity (Wildman–Crippen MR) is 123 cm³/mol. The smallest absolute Gasteiger partial charge is 0.226 e. The van der Waals surface area contributed by atoms with Gasteiger partial charge in [-0.15, -0.1) is 0 Å². The van der Waals surface area contributed by atoms with Gasteiger partial charge in [0.15, 0.2) is 0 Å². The summed E-state index contributed by atoms with van der Waals surface area (Å²) >= 11 is 5.90. The van der Waals surface area contributed by atoms with Crippen LogP contribution in [0.4, 0.5) is 0 Å². The SMILES string of the molecule is O=C1CC(S(=O)Cc2ccccc2)N1CCOCCCCCCc1ccc(Cl)cc1. The van der Waals surface area contributed by atoms with Crippen molar-refractivity contribution in [2.24, 2.45) is 0 Å². The van der Waals surface area contributed by atoms with Crippen molar-refractivity contribution in [1.82, 2.24) is 4.90 Å². The molecule has 0 saturated carbocycles. The Bertz CT molecular complexity index is 813. The molecule has 2 aromatic rings. The molecule has 4 nitrogen and oxygen atoms in total. The van der Waals surface area contributed by atoms with Gasteiger partial charge in [0.05, 0.1) is 18.8 Å². The second-order valence-corrected chi connectivity index (χ2v) is 9.69. The van der Waals surface area contributed by atoms with Gasteiger partial charge in [0.2, 0.25) is 5.91 Å². The standard InChI is InChI=1S/C24H30ClNO3S/c25-22-13-11-20(12-14-22)8-4-1-2-7-16-29-17-15-26-23(27)18-24(26)30(28)19-21-9-5-3-6-10-21/h3,5-6,9-14,24H,1-2,4,7-8,15-19H2. The van der Waals surface area contributed by atoms with E-state index in [2.05, 4.69) is 12.1 Å². The first-order valence-electron chi connectivity index (χ1n) is 10.7. The molecule has 1 aliphatic rings. The van der Waals surface area contributed by atoms with Crippen LogP contribution in [0.1, 0.15) is 43.2 Å². The van der Waals surface area contributed by atoms with Crippen LogP contribution in [-0.4, -0.2) is 40.1 Å². The maximum Gasteiger partial charge on any atom is 0.226 e. The number of benzene rings is 2. The third-order valence-corrected chi connectivity index (χ3v) is 7.26. The molecule has 0 radical (unpaired) electrons. The van der Waals surface area contributed by atoms with Crippen LogP contribution >= 0.6 is 11.6 Å². The van der Waals surface area contributed by atoms with Crippen molar-refractivity contribution >= 4 is 28.3 Å². The molecule has 1 heterocycles. The van der Waals surface area contributed by atoms with Crippen molar-refractivity contribution in [2.75, 3.05) is 19.8 Å². The summed E-state index contributed by atoms with van der Waals surface area (Å²) in [6, 6.07) is 17.8. The van der Waals surface area contributed by atoms with Crippen LogP contribution in [0.5, 0.6) is 0 Å². The fraction of sp³-hybridized carbons (Fsp3) is 0.458. The van der Waals surface area contributed by atoms with Crippen molar-refractivity contribution in [3.05, 3.63) is 70.7 Å². The zero-order valence-corrected chi connectivity index (χ0v) is 18.9. The fourth-order valence-corrected chi connectivity index (χ4v) is 5.24. The molecule has 0 aromatic heterocycles. The van der Waals surface area contributed by atoms with Crippen LogP contribution < -0.4 is 0 Å². The number of β-lactam (4-membered cyclic amide) rings is 1.